The average molecular weight is 252 g/mol. The Labute approximate surface area is 69.6 Å². The molecule has 0 aliphatic rings. The first-order valence-electron chi connectivity index (χ1n) is 2.27. The molecule has 0 amide bonds. The lowest BCUT2D eigenvalue weighted by atomic mass is 10.4. The molecule has 0 atom stereocenters. The molecule has 48 valence electrons. The second-order valence-electron chi connectivity index (χ2n) is 1.44. The van der Waals surface area contributed by atoms with Gasteiger partial charge in [0.1, 0.15) is 4.60 Å². The summed E-state index contributed by atoms with van der Waals surface area (Å²) in [4.78, 5) is 0. The van der Waals surface area contributed by atoms with Gasteiger partial charge in [0.15, 0.2) is 0 Å². The molecule has 1 rings (SSSR count). The molecule has 0 bridgehead atoms. The van der Waals surface area contributed by atoms with Crippen LogP contribution in [0.1, 0.15) is 5.69 Å². The van der Waals surface area contributed by atoms with E-state index in [9.17, 15) is 0 Å². The third-order valence-electron chi connectivity index (χ3n) is 0.885. The van der Waals surface area contributed by atoms with Crippen molar-refractivity contribution < 1.29 is 0 Å². The van der Waals surface area contributed by atoms with Gasteiger partial charge in [-0.25, -0.2) is 0 Å². The summed E-state index contributed by atoms with van der Waals surface area (Å²) in [7, 11) is 0. The van der Waals surface area contributed by atoms with E-state index in [-0.39, 0.29) is 0 Å². The average Bonchev–Trinajstić information content (AvgIpc) is 2.15. The van der Waals surface area contributed by atoms with Gasteiger partial charge in [-0.15, -0.1) is 0 Å². The molecule has 0 saturated heterocycles. The molecule has 0 aliphatic heterocycles. The Morgan fingerprint density at radius 3 is 2.44 bits per heavy atom. The molecular formula is C5H4Br2N2. The van der Waals surface area contributed by atoms with Crippen LogP contribution in [0, 0.1) is 0 Å². The second kappa shape index (κ2) is 2.66. The van der Waals surface area contributed by atoms with Crippen LogP contribution >= 0.6 is 31.9 Å². The number of H-pyrrole nitrogens is 1. The summed E-state index contributed by atoms with van der Waals surface area (Å²) < 4.78 is 1.76. The fraction of sp³-hybridized carbons (Fsp3) is 0. The molecule has 4 heteroatoms. The number of hydrogen-bond donors (Lipinski definition) is 1. The van der Waals surface area contributed by atoms with Crippen molar-refractivity contribution in [2.75, 3.05) is 0 Å². The minimum atomic E-state index is 0.821. The zero-order chi connectivity index (χ0) is 6.85. The van der Waals surface area contributed by atoms with E-state index in [0.717, 1.165) is 14.8 Å². The maximum absolute atomic E-state index is 3.90. The quantitative estimate of drug-likeness (QED) is 0.817. The van der Waals surface area contributed by atoms with E-state index >= 15 is 0 Å². The molecule has 9 heavy (non-hydrogen) atoms. The Hall–Kier alpha value is -0.0900. The standard InChI is InChI=1S/C5H4Br2N2/c1-2-3-4(6)5(7)9-8-3/h2H,1H2,(H,8,9). The maximum Gasteiger partial charge on any atom is 0.115 e. The van der Waals surface area contributed by atoms with Crippen molar-refractivity contribution in [3.63, 3.8) is 0 Å². The van der Waals surface area contributed by atoms with Crippen LogP contribution in [0.2, 0.25) is 0 Å². The molecule has 0 aromatic carbocycles. The summed E-state index contributed by atoms with van der Waals surface area (Å²) >= 11 is 6.54. The van der Waals surface area contributed by atoms with Gasteiger partial charge in [0.25, 0.3) is 0 Å². The molecule has 0 aliphatic carbocycles. The Kier molecular flexibility index (Phi) is 2.08. The summed E-state index contributed by atoms with van der Waals surface area (Å²) in [5.74, 6) is 0. The zero-order valence-corrected chi connectivity index (χ0v) is 7.66. The van der Waals surface area contributed by atoms with Crippen LogP contribution < -0.4 is 0 Å². The third-order valence-corrected chi connectivity index (χ3v) is 2.79. The van der Waals surface area contributed by atoms with Gasteiger partial charge >= 0.3 is 0 Å². The van der Waals surface area contributed by atoms with Gasteiger partial charge in [-0.05, 0) is 37.9 Å². The van der Waals surface area contributed by atoms with E-state index in [1.165, 1.54) is 0 Å². The summed E-state index contributed by atoms with van der Waals surface area (Å²) in [5, 5.41) is 6.63. The number of nitrogens with one attached hydrogen (secondary N) is 1. The van der Waals surface area contributed by atoms with Crippen LogP contribution in [0.4, 0.5) is 0 Å². The highest BCUT2D eigenvalue weighted by Crippen LogP contribution is 2.23. The van der Waals surface area contributed by atoms with Crippen molar-refractivity contribution in [1.82, 2.24) is 10.2 Å². The highest BCUT2D eigenvalue weighted by molar-refractivity contribution is 9.13. The molecular weight excluding hydrogens is 248 g/mol. The largest absolute Gasteiger partial charge is 0.270 e. The second-order valence-corrected chi connectivity index (χ2v) is 3.03. The van der Waals surface area contributed by atoms with Gasteiger partial charge in [0.2, 0.25) is 0 Å². The molecule has 0 radical (unpaired) electrons. The predicted octanol–water partition coefficient (Wildman–Crippen LogP) is 2.58. The first-order valence-corrected chi connectivity index (χ1v) is 3.86. The molecule has 0 unspecified atom stereocenters. The van der Waals surface area contributed by atoms with Crippen LogP contribution in [0.5, 0.6) is 0 Å². The van der Waals surface area contributed by atoms with E-state index in [1.807, 2.05) is 0 Å². The van der Waals surface area contributed by atoms with Gasteiger partial charge < -0.3 is 0 Å². The number of aromatic nitrogens is 2. The fourth-order valence-electron chi connectivity index (χ4n) is 0.455. The Morgan fingerprint density at radius 2 is 2.22 bits per heavy atom. The monoisotopic (exact) mass is 250 g/mol. The lowest BCUT2D eigenvalue weighted by Crippen LogP contribution is -1.68. The normalized spacial score (nSPS) is 9.56. The van der Waals surface area contributed by atoms with Crippen molar-refractivity contribution in [2.24, 2.45) is 0 Å². The van der Waals surface area contributed by atoms with Crippen molar-refractivity contribution in [2.45, 2.75) is 0 Å². The minimum Gasteiger partial charge on any atom is -0.270 e. The number of rotatable bonds is 1. The van der Waals surface area contributed by atoms with E-state index in [2.05, 4.69) is 48.6 Å². The highest BCUT2D eigenvalue weighted by atomic mass is 79.9. The van der Waals surface area contributed by atoms with E-state index in [0.29, 0.717) is 0 Å². The maximum atomic E-state index is 3.90. The van der Waals surface area contributed by atoms with Crippen molar-refractivity contribution in [3.8, 4) is 0 Å². The van der Waals surface area contributed by atoms with E-state index < -0.39 is 0 Å². The first-order chi connectivity index (χ1) is 4.25. The molecule has 0 saturated carbocycles. The van der Waals surface area contributed by atoms with E-state index in [1.54, 1.807) is 6.08 Å². The van der Waals surface area contributed by atoms with Crippen molar-refractivity contribution in [1.29, 1.82) is 0 Å². The third kappa shape index (κ3) is 1.24. The Balaban J connectivity index is 3.18. The summed E-state index contributed by atoms with van der Waals surface area (Å²) in [6.07, 6.45) is 1.67. The number of halogens is 2. The van der Waals surface area contributed by atoms with Crippen LogP contribution in [-0.2, 0) is 0 Å². The van der Waals surface area contributed by atoms with Crippen LogP contribution in [0.15, 0.2) is 15.7 Å². The highest BCUT2D eigenvalue weighted by Gasteiger charge is 2.02. The SMILES string of the molecule is C=Cc1n[nH]c(Br)c1Br. The molecule has 2 nitrogen and oxygen atoms in total. The van der Waals surface area contributed by atoms with Gasteiger partial charge in [-0.2, -0.15) is 5.10 Å². The first kappa shape index (κ1) is 7.02. The molecule has 0 spiro atoms. The predicted molar refractivity (Wildman–Crippen MR) is 44.1 cm³/mol. The van der Waals surface area contributed by atoms with Crippen LogP contribution in [0.25, 0.3) is 6.08 Å². The topological polar surface area (TPSA) is 28.7 Å². The van der Waals surface area contributed by atoms with Gasteiger partial charge in [-0.1, -0.05) is 6.58 Å². The van der Waals surface area contributed by atoms with Gasteiger partial charge in [0, 0.05) is 0 Å². The minimum absolute atomic E-state index is 0.821. The van der Waals surface area contributed by atoms with Gasteiger partial charge in [0.05, 0.1) is 10.2 Å². The number of aromatic amines is 1. The molecule has 1 aromatic rings. The molecule has 1 aromatic heterocycles. The van der Waals surface area contributed by atoms with Crippen molar-refractivity contribution in [3.05, 3.63) is 21.3 Å². The lowest BCUT2D eigenvalue weighted by molar-refractivity contribution is 1.06. The molecule has 1 heterocycles. The Bertz CT molecular complexity index is 229. The van der Waals surface area contributed by atoms with Crippen molar-refractivity contribution >= 4 is 37.9 Å². The fourth-order valence-corrected chi connectivity index (χ4v) is 1.09. The Morgan fingerprint density at radius 1 is 1.56 bits per heavy atom. The zero-order valence-electron chi connectivity index (χ0n) is 4.49. The lowest BCUT2D eigenvalue weighted by Gasteiger charge is -1.81. The number of hydrogen-bond acceptors (Lipinski definition) is 1. The summed E-state index contributed by atoms with van der Waals surface area (Å²) in [6.45, 7) is 3.57. The van der Waals surface area contributed by atoms with E-state index in [4.69, 9.17) is 0 Å². The molecule has 0 fully saturated rings. The summed E-state index contributed by atoms with van der Waals surface area (Å²) in [5.41, 5.74) is 0.821. The molecule has 1 N–H and O–H groups in total. The van der Waals surface area contributed by atoms with Gasteiger partial charge in [-0.3, -0.25) is 5.10 Å². The van der Waals surface area contributed by atoms with Crippen LogP contribution in [0.3, 0.4) is 0 Å². The number of nitrogens with zero attached hydrogens (tertiary/aromatic N) is 1. The summed E-state index contributed by atoms with van der Waals surface area (Å²) in [6, 6.07) is 0. The smallest absolute Gasteiger partial charge is 0.115 e. The van der Waals surface area contributed by atoms with Crippen LogP contribution in [-0.4, -0.2) is 10.2 Å².